The van der Waals surface area contributed by atoms with Crippen LogP contribution in [0.5, 0.6) is 11.5 Å². The number of nitrogens with zero attached hydrogens (tertiary/aromatic N) is 1. The van der Waals surface area contributed by atoms with Gasteiger partial charge in [0.05, 0.1) is 11.4 Å². The van der Waals surface area contributed by atoms with E-state index in [-0.39, 0.29) is 11.7 Å². The van der Waals surface area contributed by atoms with Gasteiger partial charge in [0.2, 0.25) is 0 Å². The highest BCUT2D eigenvalue weighted by molar-refractivity contribution is 7.89. The van der Waals surface area contributed by atoms with Crippen molar-refractivity contribution in [1.82, 2.24) is 4.98 Å². The zero-order valence-electron chi connectivity index (χ0n) is 15.5. The topological polar surface area (TPSA) is 94.6 Å². The Kier molecular flexibility index (Phi) is 5.25. The molecule has 29 heavy (non-hydrogen) atoms. The van der Waals surface area contributed by atoms with Crippen molar-refractivity contribution < 1.29 is 22.7 Å². The highest BCUT2D eigenvalue weighted by Crippen LogP contribution is 2.35. The van der Waals surface area contributed by atoms with Crippen molar-refractivity contribution in [3.63, 3.8) is 0 Å². The number of rotatable bonds is 5. The number of carbonyl (C=O) groups excluding carboxylic acids is 1. The number of ether oxygens (including phenoxy) is 2. The first-order valence-electron chi connectivity index (χ1n) is 8.81. The van der Waals surface area contributed by atoms with E-state index in [2.05, 4.69) is 10.3 Å². The molecule has 2 aromatic carbocycles. The first-order valence-corrected chi connectivity index (χ1v) is 11.7. The third-order valence-electron chi connectivity index (χ3n) is 4.21. The first kappa shape index (κ1) is 19.4. The van der Waals surface area contributed by atoms with Crippen molar-refractivity contribution in [3.05, 3.63) is 59.0 Å². The van der Waals surface area contributed by atoms with Crippen molar-refractivity contribution in [3.8, 4) is 22.8 Å². The molecule has 1 N–H and O–H groups in total. The maximum atomic E-state index is 12.4. The molecule has 0 aliphatic carbocycles. The zero-order valence-corrected chi connectivity index (χ0v) is 17.2. The molecule has 150 valence electrons. The second-order valence-electron chi connectivity index (χ2n) is 6.62. The predicted molar refractivity (Wildman–Crippen MR) is 111 cm³/mol. The lowest BCUT2D eigenvalue weighted by Gasteiger charge is -2.18. The van der Waals surface area contributed by atoms with Gasteiger partial charge < -0.3 is 9.47 Å². The Morgan fingerprint density at radius 2 is 1.83 bits per heavy atom. The number of carbonyl (C=O) groups is 1. The van der Waals surface area contributed by atoms with Gasteiger partial charge in [0.25, 0.3) is 5.91 Å². The summed E-state index contributed by atoms with van der Waals surface area (Å²) < 4.78 is 33.8. The van der Waals surface area contributed by atoms with Crippen LogP contribution in [0, 0.1) is 0 Å². The van der Waals surface area contributed by atoms with Gasteiger partial charge in [-0.2, -0.15) is 0 Å². The van der Waals surface area contributed by atoms with Gasteiger partial charge in [-0.3, -0.25) is 10.1 Å². The van der Waals surface area contributed by atoms with Crippen molar-refractivity contribution in [2.75, 3.05) is 24.8 Å². The summed E-state index contributed by atoms with van der Waals surface area (Å²) in [6.07, 6.45) is 1.18. The molecule has 0 spiro atoms. The molecule has 1 aliphatic heterocycles. The van der Waals surface area contributed by atoms with Crippen LogP contribution in [0.25, 0.3) is 11.3 Å². The molecule has 2 heterocycles. The summed E-state index contributed by atoms with van der Waals surface area (Å²) in [5, 5.41) is 5.10. The molecule has 4 rings (SSSR count). The zero-order chi connectivity index (χ0) is 20.4. The predicted octanol–water partition coefficient (Wildman–Crippen LogP) is 3.38. The van der Waals surface area contributed by atoms with Crippen LogP contribution >= 0.6 is 11.3 Å². The standard InChI is InChI=1S/C20H18N2O5S2/c1-29(24,25)12-13-2-4-14(5-3-13)19(23)22-20-21-16(11-28-20)15-6-7-17-18(10-15)27-9-8-26-17/h2-7,10-11H,8-9,12H2,1H3,(H,21,22,23). The summed E-state index contributed by atoms with van der Waals surface area (Å²) in [5.74, 6) is 1.03. The normalized spacial score (nSPS) is 13.1. The summed E-state index contributed by atoms with van der Waals surface area (Å²) in [5.41, 5.74) is 2.67. The Balaban J connectivity index is 1.45. The number of nitrogens with one attached hydrogen (secondary N) is 1. The van der Waals surface area contributed by atoms with E-state index in [1.54, 1.807) is 24.3 Å². The highest BCUT2D eigenvalue weighted by atomic mass is 32.2. The van der Waals surface area contributed by atoms with Gasteiger partial charge in [-0.15, -0.1) is 11.3 Å². The lowest BCUT2D eigenvalue weighted by molar-refractivity contribution is 0.102. The van der Waals surface area contributed by atoms with Gasteiger partial charge >= 0.3 is 0 Å². The fourth-order valence-corrected chi connectivity index (χ4v) is 4.40. The highest BCUT2D eigenvalue weighted by Gasteiger charge is 2.15. The second kappa shape index (κ2) is 7.84. The molecular formula is C20H18N2O5S2. The van der Waals surface area contributed by atoms with E-state index < -0.39 is 9.84 Å². The van der Waals surface area contributed by atoms with Crippen molar-refractivity contribution >= 4 is 32.2 Å². The summed E-state index contributed by atoms with van der Waals surface area (Å²) in [6.45, 7) is 1.05. The maximum Gasteiger partial charge on any atom is 0.257 e. The number of fused-ring (bicyclic) bond motifs is 1. The number of hydrogen-bond donors (Lipinski definition) is 1. The fourth-order valence-electron chi connectivity index (χ4n) is 2.89. The quantitative estimate of drug-likeness (QED) is 0.667. The van der Waals surface area contributed by atoms with Crippen LogP contribution in [0.1, 0.15) is 15.9 Å². The number of hydrogen-bond acceptors (Lipinski definition) is 7. The van der Waals surface area contributed by atoms with Crippen molar-refractivity contribution in [2.45, 2.75) is 5.75 Å². The van der Waals surface area contributed by atoms with Crippen LogP contribution < -0.4 is 14.8 Å². The van der Waals surface area contributed by atoms with Crippen molar-refractivity contribution in [2.24, 2.45) is 0 Å². The van der Waals surface area contributed by atoms with Crippen LogP contribution in [-0.4, -0.2) is 38.8 Å². The average Bonchev–Trinajstić information content (AvgIpc) is 3.15. The van der Waals surface area contributed by atoms with Gasteiger partial charge in [0, 0.05) is 22.8 Å². The number of benzene rings is 2. The maximum absolute atomic E-state index is 12.4. The Morgan fingerprint density at radius 3 is 2.55 bits per heavy atom. The summed E-state index contributed by atoms with van der Waals surface area (Å²) in [7, 11) is -3.11. The lowest BCUT2D eigenvalue weighted by atomic mass is 10.1. The summed E-state index contributed by atoms with van der Waals surface area (Å²) in [6, 6.07) is 12.1. The fraction of sp³-hybridized carbons (Fsp3) is 0.200. The summed E-state index contributed by atoms with van der Waals surface area (Å²) in [4.78, 5) is 16.9. The van der Waals surface area contributed by atoms with E-state index >= 15 is 0 Å². The van der Waals surface area contributed by atoms with Gasteiger partial charge in [-0.25, -0.2) is 13.4 Å². The van der Waals surface area contributed by atoms with Gasteiger partial charge in [-0.1, -0.05) is 12.1 Å². The van der Waals surface area contributed by atoms with Gasteiger partial charge in [-0.05, 0) is 35.9 Å². The molecule has 0 bridgehead atoms. The molecule has 0 radical (unpaired) electrons. The number of sulfone groups is 1. The Labute approximate surface area is 172 Å². The van der Waals surface area contributed by atoms with E-state index in [0.29, 0.717) is 41.0 Å². The molecule has 1 aromatic heterocycles. The number of thiazole rings is 1. The van der Waals surface area contributed by atoms with E-state index in [0.717, 1.165) is 11.3 Å². The largest absolute Gasteiger partial charge is 0.486 e. The average molecular weight is 431 g/mol. The van der Waals surface area contributed by atoms with E-state index in [4.69, 9.17) is 9.47 Å². The van der Waals surface area contributed by atoms with Gasteiger partial charge in [0.1, 0.15) is 13.2 Å². The SMILES string of the molecule is CS(=O)(=O)Cc1ccc(C(=O)Nc2nc(-c3ccc4c(c3)OCCO4)cs2)cc1. The summed E-state index contributed by atoms with van der Waals surface area (Å²) >= 11 is 1.32. The number of aromatic nitrogens is 1. The molecule has 0 unspecified atom stereocenters. The van der Waals surface area contributed by atoms with Gasteiger partial charge in [0.15, 0.2) is 26.5 Å². The first-order chi connectivity index (χ1) is 13.9. The van der Waals surface area contributed by atoms with E-state index in [1.165, 1.54) is 17.6 Å². The molecule has 1 amide bonds. The van der Waals surface area contributed by atoms with Crippen LogP contribution in [0.2, 0.25) is 0 Å². The molecule has 0 atom stereocenters. The molecule has 0 fully saturated rings. The molecule has 7 nitrogen and oxygen atoms in total. The third kappa shape index (κ3) is 4.75. The Bertz CT molecular complexity index is 1150. The van der Waals surface area contributed by atoms with Crippen LogP contribution in [0.3, 0.4) is 0 Å². The Morgan fingerprint density at radius 1 is 1.10 bits per heavy atom. The van der Waals surface area contributed by atoms with Crippen LogP contribution in [0.15, 0.2) is 47.8 Å². The minimum atomic E-state index is -3.11. The van der Waals surface area contributed by atoms with E-state index in [9.17, 15) is 13.2 Å². The third-order valence-corrected chi connectivity index (χ3v) is 5.82. The minimum Gasteiger partial charge on any atom is -0.486 e. The second-order valence-corrected chi connectivity index (χ2v) is 9.62. The molecule has 0 saturated carbocycles. The molecular weight excluding hydrogens is 412 g/mol. The minimum absolute atomic E-state index is 0.0553. The molecule has 0 saturated heterocycles. The number of anilines is 1. The van der Waals surface area contributed by atoms with E-state index in [1.807, 2.05) is 23.6 Å². The van der Waals surface area contributed by atoms with Crippen LogP contribution in [0.4, 0.5) is 5.13 Å². The molecule has 9 heteroatoms. The smallest absolute Gasteiger partial charge is 0.257 e. The molecule has 1 aliphatic rings. The Hall–Kier alpha value is -2.91. The monoisotopic (exact) mass is 430 g/mol. The molecule has 3 aromatic rings. The van der Waals surface area contributed by atoms with Crippen LogP contribution in [-0.2, 0) is 15.6 Å². The lowest BCUT2D eigenvalue weighted by Crippen LogP contribution is -2.15. The number of amides is 1. The van der Waals surface area contributed by atoms with Crippen molar-refractivity contribution in [1.29, 1.82) is 0 Å².